The van der Waals surface area contributed by atoms with Crippen LogP contribution in [0.3, 0.4) is 0 Å². The van der Waals surface area contributed by atoms with Crippen LogP contribution in [-0.4, -0.2) is 9.97 Å². The number of hydrogen-bond donors (Lipinski definition) is 2. The van der Waals surface area contributed by atoms with Crippen LogP contribution in [-0.2, 0) is 0 Å². The van der Waals surface area contributed by atoms with Gasteiger partial charge in [0.15, 0.2) is 0 Å². The van der Waals surface area contributed by atoms with Crippen LogP contribution >= 0.6 is 27.5 Å². The molecule has 2 aromatic carbocycles. The second-order valence-electron chi connectivity index (χ2n) is 4.25. The van der Waals surface area contributed by atoms with Crippen LogP contribution < -0.4 is 11.1 Å². The van der Waals surface area contributed by atoms with Gasteiger partial charge in [-0.2, -0.15) is 0 Å². The van der Waals surface area contributed by atoms with E-state index in [1.165, 1.54) is 6.33 Å². The van der Waals surface area contributed by atoms with Crippen molar-refractivity contribution in [2.45, 2.75) is 0 Å². The Balaban J connectivity index is 2.04. The summed E-state index contributed by atoms with van der Waals surface area (Å²) in [7, 11) is 0. The highest BCUT2D eigenvalue weighted by molar-refractivity contribution is 9.10. The largest absolute Gasteiger partial charge is 0.399 e. The summed E-state index contributed by atoms with van der Waals surface area (Å²) in [6.07, 6.45) is 1.51. The van der Waals surface area contributed by atoms with Gasteiger partial charge in [-0.05, 0) is 52.3 Å². The first-order chi connectivity index (χ1) is 9.63. The third-order valence-electron chi connectivity index (χ3n) is 2.84. The van der Waals surface area contributed by atoms with Crippen LogP contribution in [0.4, 0.5) is 17.2 Å². The van der Waals surface area contributed by atoms with E-state index in [9.17, 15) is 0 Å². The fourth-order valence-corrected chi connectivity index (χ4v) is 2.38. The van der Waals surface area contributed by atoms with Gasteiger partial charge in [-0.15, -0.1) is 0 Å². The molecule has 100 valence electrons. The van der Waals surface area contributed by atoms with Crippen LogP contribution in [0, 0.1) is 0 Å². The van der Waals surface area contributed by atoms with Crippen molar-refractivity contribution < 1.29 is 0 Å². The summed E-state index contributed by atoms with van der Waals surface area (Å²) in [5.41, 5.74) is 8.13. The number of anilines is 3. The van der Waals surface area contributed by atoms with Gasteiger partial charge in [-0.3, -0.25) is 0 Å². The topological polar surface area (TPSA) is 63.8 Å². The van der Waals surface area contributed by atoms with Crippen molar-refractivity contribution in [1.82, 2.24) is 9.97 Å². The van der Waals surface area contributed by atoms with Gasteiger partial charge in [0, 0.05) is 21.2 Å². The summed E-state index contributed by atoms with van der Waals surface area (Å²) in [4.78, 5) is 8.49. The molecule has 0 aliphatic heterocycles. The molecule has 4 nitrogen and oxygen atoms in total. The van der Waals surface area contributed by atoms with E-state index in [2.05, 4.69) is 31.2 Å². The van der Waals surface area contributed by atoms with Crippen LogP contribution in [0.5, 0.6) is 0 Å². The smallest absolute Gasteiger partial charge is 0.141 e. The maximum Gasteiger partial charge on any atom is 0.141 e. The van der Waals surface area contributed by atoms with Crippen molar-refractivity contribution in [2.75, 3.05) is 11.1 Å². The summed E-state index contributed by atoms with van der Waals surface area (Å²) in [5, 5.41) is 4.83. The normalized spacial score (nSPS) is 10.7. The Hall–Kier alpha value is -1.85. The van der Waals surface area contributed by atoms with E-state index in [1.54, 1.807) is 0 Å². The van der Waals surface area contributed by atoms with E-state index in [0.29, 0.717) is 10.7 Å². The lowest BCUT2D eigenvalue weighted by atomic mass is 10.2. The minimum atomic E-state index is 0.663. The summed E-state index contributed by atoms with van der Waals surface area (Å²) in [5.74, 6) is 0.726. The lowest BCUT2D eigenvalue weighted by Crippen LogP contribution is -1.96. The van der Waals surface area contributed by atoms with E-state index >= 15 is 0 Å². The highest BCUT2D eigenvalue weighted by Crippen LogP contribution is 2.29. The van der Waals surface area contributed by atoms with E-state index in [4.69, 9.17) is 17.3 Å². The predicted octanol–water partition coefficient (Wildman–Crippen LogP) is 4.37. The molecule has 1 heterocycles. The molecule has 0 radical (unpaired) electrons. The zero-order chi connectivity index (χ0) is 14.1. The molecule has 0 unspecified atom stereocenters. The van der Waals surface area contributed by atoms with Crippen molar-refractivity contribution >= 4 is 55.6 Å². The van der Waals surface area contributed by atoms with Gasteiger partial charge in [-0.25, -0.2) is 9.97 Å². The lowest BCUT2D eigenvalue weighted by molar-refractivity contribution is 1.22. The molecule has 3 N–H and O–H groups in total. The molecule has 0 aliphatic carbocycles. The number of nitrogens with zero attached hydrogens (tertiary/aromatic N) is 2. The van der Waals surface area contributed by atoms with Crippen LogP contribution in [0.15, 0.2) is 47.2 Å². The number of rotatable bonds is 2. The summed E-state index contributed by atoms with van der Waals surface area (Å²) < 4.78 is 0.826. The lowest BCUT2D eigenvalue weighted by Gasteiger charge is -2.09. The van der Waals surface area contributed by atoms with E-state index in [0.717, 1.165) is 26.9 Å². The highest BCUT2D eigenvalue weighted by atomic mass is 79.9. The number of fused-ring (bicyclic) bond motifs is 1. The fourth-order valence-electron chi connectivity index (χ4n) is 1.88. The molecule has 1 aromatic heterocycles. The minimum Gasteiger partial charge on any atom is -0.399 e. The third-order valence-corrected chi connectivity index (χ3v) is 4.06. The Bertz CT molecular complexity index is 791. The van der Waals surface area contributed by atoms with Crippen molar-refractivity contribution in [1.29, 1.82) is 0 Å². The fraction of sp³-hybridized carbons (Fsp3) is 0. The molecule has 0 aliphatic rings. The van der Waals surface area contributed by atoms with Crippen LogP contribution in [0.2, 0.25) is 5.02 Å². The quantitative estimate of drug-likeness (QED) is 0.674. The Morgan fingerprint density at radius 1 is 1.10 bits per heavy atom. The maximum absolute atomic E-state index is 5.98. The molecule has 20 heavy (non-hydrogen) atoms. The highest BCUT2D eigenvalue weighted by Gasteiger charge is 2.05. The molecule has 0 spiro atoms. The Morgan fingerprint density at radius 2 is 1.95 bits per heavy atom. The van der Waals surface area contributed by atoms with Gasteiger partial charge >= 0.3 is 0 Å². The van der Waals surface area contributed by atoms with E-state index < -0.39 is 0 Å². The van der Waals surface area contributed by atoms with Gasteiger partial charge in [0.25, 0.3) is 0 Å². The molecule has 6 heteroatoms. The number of nitrogens with two attached hydrogens (primary N) is 1. The Kier molecular flexibility index (Phi) is 3.46. The van der Waals surface area contributed by atoms with E-state index in [1.807, 2.05) is 36.4 Å². The first-order valence-corrected chi connectivity index (χ1v) is 7.03. The first kappa shape index (κ1) is 13.1. The predicted molar refractivity (Wildman–Crippen MR) is 86.4 cm³/mol. The Labute approximate surface area is 129 Å². The number of benzene rings is 2. The maximum atomic E-state index is 5.98. The van der Waals surface area contributed by atoms with Crippen molar-refractivity contribution in [3.05, 3.63) is 52.2 Å². The molecule has 3 rings (SSSR count). The molecule has 0 atom stereocenters. The van der Waals surface area contributed by atoms with Gasteiger partial charge in [0.05, 0.1) is 10.5 Å². The Morgan fingerprint density at radius 3 is 2.75 bits per heavy atom. The molecule has 0 bridgehead atoms. The number of aromatic nitrogens is 2. The minimum absolute atomic E-state index is 0.663. The molecular formula is C14H10BrClN4. The molecule has 3 aromatic rings. The number of halogens is 2. The van der Waals surface area contributed by atoms with Gasteiger partial charge in [0.2, 0.25) is 0 Å². The summed E-state index contributed by atoms with van der Waals surface area (Å²) in [6.45, 7) is 0. The third kappa shape index (κ3) is 2.55. The van der Waals surface area contributed by atoms with Crippen LogP contribution in [0.25, 0.3) is 10.9 Å². The SMILES string of the molecule is Nc1ccc2c(Nc3ccc(Cl)c(Br)c3)ncnc2c1. The standard InChI is InChI=1S/C14H10BrClN4/c15-11-6-9(2-4-12(11)16)20-14-10-3-1-8(17)5-13(10)18-7-19-14/h1-7H,17H2,(H,18,19,20). The summed E-state index contributed by atoms with van der Waals surface area (Å²) in [6, 6.07) is 11.1. The van der Waals surface area contributed by atoms with Crippen LogP contribution in [0.1, 0.15) is 0 Å². The number of nitrogens with one attached hydrogen (secondary N) is 1. The van der Waals surface area contributed by atoms with Gasteiger partial charge in [0.1, 0.15) is 12.1 Å². The molecule has 0 saturated heterocycles. The van der Waals surface area contributed by atoms with Crippen molar-refractivity contribution in [3.8, 4) is 0 Å². The zero-order valence-electron chi connectivity index (χ0n) is 10.3. The monoisotopic (exact) mass is 348 g/mol. The molecule has 0 saturated carbocycles. The number of nitrogen functional groups attached to an aromatic ring is 1. The second kappa shape index (κ2) is 5.26. The average Bonchev–Trinajstić information content (AvgIpc) is 2.43. The van der Waals surface area contributed by atoms with Gasteiger partial charge in [-0.1, -0.05) is 11.6 Å². The summed E-state index contributed by atoms with van der Waals surface area (Å²) >= 11 is 9.38. The van der Waals surface area contributed by atoms with E-state index in [-0.39, 0.29) is 0 Å². The molecule has 0 amide bonds. The molecule has 0 fully saturated rings. The van der Waals surface area contributed by atoms with Crippen molar-refractivity contribution in [2.24, 2.45) is 0 Å². The molecular weight excluding hydrogens is 340 g/mol. The first-order valence-electron chi connectivity index (χ1n) is 5.86. The average molecular weight is 350 g/mol. The van der Waals surface area contributed by atoms with Gasteiger partial charge < -0.3 is 11.1 Å². The second-order valence-corrected chi connectivity index (χ2v) is 5.51. The number of hydrogen-bond acceptors (Lipinski definition) is 4. The zero-order valence-corrected chi connectivity index (χ0v) is 12.6. The van der Waals surface area contributed by atoms with Crippen molar-refractivity contribution in [3.63, 3.8) is 0 Å².